The molecular weight excluding hydrogens is 356 g/mol. The maximum absolute atomic E-state index is 12.2. The fraction of sp³-hybridized carbons (Fsp3) is 0.318. The largest absolute Gasteiger partial charge is 0.462 e. The van der Waals surface area contributed by atoms with Gasteiger partial charge in [0.25, 0.3) is 0 Å². The van der Waals surface area contributed by atoms with Crippen molar-refractivity contribution in [3.63, 3.8) is 0 Å². The Labute approximate surface area is 165 Å². The van der Waals surface area contributed by atoms with E-state index >= 15 is 0 Å². The van der Waals surface area contributed by atoms with Crippen molar-refractivity contribution in [3.05, 3.63) is 65.2 Å². The standard InChI is InChI=1S/C22H26N2O4/c1-4-28-22(27)19-10-5-6-11-20(19)24(17(3)25)13-12-21(26)23-15-18-9-7-8-16(2)14-18/h5-11,14H,4,12-13,15H2,1-3H3,(H,23,26). The van der Waals surface area contributed by atoms with Crippen LogP contribution >= 0.6 is 0 Å². The number of carbonyl (C=O) groups excluding carboxylic acids is 3. The van der Waals surface area contributed by atoms with E-state index in [1.165, 1.54) is 11.8 Å². The number of amides is 2. The third-order valence-corrected chi connectivity index (χ3v) is 4.20. The summed E-state index contributed by atoms with van der Waals surface area (Å²) < 4.78 is 5.07. The molecule has 0 unspecified atom stereocenters. The van der Waals surface area contributed by atoms with Gasteiger partial charge in [-0.15, -0.1) is 0 Å². The fourth-order valence-corrected chi connectivity index (χ4v) is 2.86. The molecule has 0 atom stereocenters. The van der Waals surface area contributed by atoms with Crippen LogP contribution < -0.4 is 10.2 Å². The second-order valence-electron chi connectivity index (χ2n) is 6.42. The van der Waals surface area contributed by atoms with E-state index in [2.05, 4.69) is 5.32 Å². The van der Waals surface area contributed by atoms with Crippen molar-refractivity contribution < 1.29 is 19.1 Å². The van der Waals surface area contributed by atoms with E-state index in [-0.39, 0.29) is 31.4 Å². The van der Waals surface area contributed by atoms with Gasteiger partial charge in [-0.05, 0) is 31.5 Å². The Hall–Kier alpha value is -3.15. The second-order valence-corrected chi connectivity index (χ2v) is 6.42. The van der Waals surface area contributed by atoms with Gasteiger partial charge in [0.2, 0.25) is 11.8 Å². The molecule has 0 fully saturated rings. The summed E-state index contributed by atoms with van der Waals surface area (Å²) in [5, 5.41) is 2.86. The van der Waals surface area contributed by atoms with Crippen LogP contribution in [0.4, 0.5) is 5.69 Å². The molecule has 2 aromatic rings. The Morgan fingerprint density at radius 2 is 1.82 bits per heavy atom. The van der Waals surface area contributed by atoms with Gasteiger partial charge in [0, 0.05) is 26.4 Å². The number of hydrogen-bond donors (Lipinski definition) is 1. The normalized spacial score (nSPS) is 10.2. The average Bonchev–Trinajstić information content (AvgIpc) is 2.67. The van der Waals surface area contributed by atoms with Gasteiger partial charge in [0.05, 0.1) is 17.9 Å². The van der Waals surface area contributed by atoms with Crippen LogP contribution in [0.5, 0.6) is 0 Å². The highest BCUT2D eigenvalue weighted by atomic mass is 16.5. The number of nitrogens with one attached hydrogen (secondary N) is 1. The van der Waals surface area contributed by atoms with Gasteiger partial charge in [-0.2, -0.15) is 0 Å². The van der Waals surface area contributed by atoms with Gasteiger partial charge in [0.15, 0.2) is 0 Å². The third-order valence-electron chi connectivity index (χ3n) is 4.20. The molecule has 2 rings (SSSR count). The summed E-state index contributed by atoms with van der Waals surface area (Å²) in [6, 6.07) is 14.6. The molecular formula is C22H26N2O4. The van der Waals surface area contributed by atoms with Crippen molar-refractivity contribution in [1.29, 1.82) is 0 Å². The Kier molecular flexibility index (Phi) is 7.75. The van der Waals surface area contributed by atoms with Crippen LogP contribution in [0.25, 0.3) is 0 Å². The summed E-state index contributed by atoms with van der Waals surface area (Å²) in [5.74, 6) is -0.905. The van der Waals surface area contributed by atoms with Gasteiger partial charge in [-0.25, -0.2) is 4.79 Å². The average molecular weight is 382 g/mol. The molecule has 0 saturated heterocycles. The molecule has 2 aromatic carbocycles. The van der Waals surface area contributed by atoms with Crippen molar-refractivity contribution >= 4 is 23.5 Å². The van der Waals surface area contributed by atoms with Gasteiger partial charge in [0.1, 0.15) is 0 Å². The lowest BCUT2D eigenvalue weighted by Gasteiger charge is -2.23. The first-order valence-corrected chi connectivity index (χ1v) is 9.29. The van der Waals surface area contributed by atoms with E-state index in [1.54, 1.807) is 31.2 Å². The van der Waals surface area contributed by atoms with Crippen LogP contribution in [0.1, 0.15) is 41.8 Å². The lowest BCUT2D eigenvalue weighted by Crippen LogP contribution is -2.34. The quantitative estimate of drug-likeness (QED) is 0.711. The Bertz CT molecular complexity index is 848. The molecule has 0 aromatic heterocycles. The van der Waals surface area contributed by atoms with Crippen molar-refractivity contribution in [2.45, 2.75) is 33.7 Å². The van der Waals surface area contributed by atoms with E-state index in [4.69, 9.17) is 4.74 Å². The molecule has 28 heavy (non-hydrogen) atoms. The molecule has 6 nitrogen and oxygen atoms in total. The number of carbonyl (C=O) groups is 3. The first-order valence-electron chi connectivity index (χ1n) is 9.29. The number of benzene rings is 2. The van der Waals surface area contributed by atoms with Crippen molar-refractivity contribution in [1.82, 2.24) is 5.32 Å². The van der Waals surface area contributed by atoms with Crippen LogP contribution in [0.2, 0.25) is 0 Å². The number of anilines is 1. The van der Waals surface area contributed by atoms with Crippen LogP contribution in [0.15, 0.2) is 48.5 Å². The molecule has 148 valence electrons. The third kappa shape index (κ3) is 5.94. The number of esters is 1. The van der Waals surface area contributed by atoms with E-state index in [9.17, 15) is 14.4 Å². The number of aryl methyl sites for hydroxylation is 1. The molecule has 6 heteroatoms. The predicted octanol–water partition coefficient (Wildman–Crippen LogP) is 3.23. The molecule has 2 amide bonds. The number of ether oxygens (including phenoxy) is 1. The SMILES string of the molecule is CCOC(=O)c1ccccc1N(CCC(=O)NCc1cccc(C)c1)C(C)=O. The van der Waals surface area contributed by atoms with Crippen molar-refractivity contribution in [3.8, 4) is 0 Å². The molecule has 0 heterocycles. The number of hydrogen-bond acceptors (Lipinski definition) is 4. The predicted molar refractivity (Wildman–Crippen MR) is 108 cm³/mol. The highest BCUT2D eigenvalue weighted by Crippen LogP contribution is 2.22. The minimum absolute atomic E-state index is 0.128. The highest BCUT2D eigenvalue weighted by molar-refractivity contribution is 6.02. The first kappa shape index (κ1) is 21.2. The number of rotatable bonds is 8. The molecule has 0 aliphatic rings. The summed E-state index contributed by atoms with van der Waals surface area (Å²) in [4.78, 5) is 38.0. The summed E-state index contributed by atoms with van der Waals surface area (Å²) in [5.41, 5.74) is 2.90. The Morgan fingerprint density at radius 3 is 2.50 bits per heavy atom. The molecule has 0 saturated carbocycles. The smallest absolute Gasteiger partial charge is 0.340 e. The molecule has 0 aliphatic heterocycles. The van der Waals surface area contributed by atoms with Gasteiger partial charge >= 0.3 is 5.97 Å². The van der Waals surface area contributed by atoms with E-state index in [1.807, 2.05) is 31.2 Å². The van der Waals surface area contributed by atoms with Gasteiger partial charge < -0.3 is 15.0 Å². The van der Waals surface area contributed by atoms with E-state index in [0.29, 0.717) is 17.8 Å². The van der Waals surface area contributed by atoms with Crippen LogP contribution in [-0.2, 0) is 20.9 Å². The van der Waals surface area contributed by atoms with Crippen molar-refractivity contribution in [2.75, 3.05) is 18.1 Å². The minimum Gasteiger partial charge on any atom is -0.462 e. The molecule has 1 N–H and O–H groups in total. The zero-order valence-electron chi connectivity index (χ0n) is 16.5. The zero-order chi connectivity index (χ0) is 20.5. The topological polar surface area (TPSA) is 75.7 Å². The summed E-state index contributed by atoms with van der Waals surface area (Å²) in [7, 11) is 0. The number of para-hydroxylation sites is 1. The maximum atomic E-state index is 12.2. The van der Waals surface area contributed by atoms with E-state index in [0.717, 1.165) is 11.1 Å². The molecule has 0 aliphatic carbocycles. The molecule has 0 radical (unpaired) electrons. The Morgan fingerprint density at radius 1 is 1.07 bits per heavy atom. The van der Waals surface area contributed by atoms with Crippen LogP contribution in [-0.4, -0.2) is 30.9 Å². The summed E-state index contributed by atoms with van der Waals surface area (Å²) in [6.45, 7) is 5.98. The molecule has 0 spiro atoms. The van der Waals surface area contributed by atoms with Gasteiger partial charge in [-0.3, -0.25) is 9.59 Å². The second kappa shape index (κ2) is 10.3. The fourth-order valence-electron chi connectivity index (χ4n) is 2.86. The van der Waals surface area contributed by atoms with Gasteiger partial charge in [-0.1, -0.05) is 42.0 Å². The minimum atomic E-state index is -0.492. The first-order chi connectivity index (χ1) is 13.4. The molecule has 0 bridgehead atoms. The maximum Gasteiger partial charge on any atom is 0.340 e. The summed E-state index contributed by atoms with van der Waals surface area (Å²) in [6.07, 6.45) is 0.128. The monoisotopic (exact) mass is 382 g/mol. The zero-order valence-corrected chi connectivity index (χ0v) is 16.5. The van der Waals surface area contributed by atoms with Crippen LogP contribution in [0, 0.1) is 6.92 Å². The lowest BCUT2D eigenvalue weighted by molar-refractivity contribution is -0.121. The van der Waals surface area contributed by atoms with Crippen LogP contribution in [0.3, 0.4) is 0 Å². The van der Waals surface area contributed by atoms with Crippen molar-refractivity contribution in [2.24, 2.45) is 0 Å². The van der Waals surface area contributed by atoms with E-state index < -0.39 is 5.97 Å². The number of nitrogens with zero attached hydrogens (tertiary/aromatic N) is 1. The lowest BCUT2D eigenvalue weighted by atomic mass is 10.1. The Balaban J connectivity index is 2.03. The summed E-state index contributed by atoms with van der Waals surface area (Å²) >= 11 is 0. The highest BCUT2D eigenvalue weighted by Gasteiger charge is 2.20.